The van der Waals surface area contributed by atoms with Gasteiger partial charge in [0.25, 0.3) is 5.91 Å². The highest BCUT2D eigenvalue weighted by Crippen LogP contribution is 2.31. The molecule has 2 amide bonds. The summed E-state index contributed by atoms with van der Waals surface area (Å²) in [5.41, 5.74) is 1.52. The number of benzene rings is 2. The second-order valence-electron chi connectivity index (χ2n) is 6.35. The van der Waals surface area contributed by atoms with Crippen molar-refractivity contribution in [2.45, 2.75) is 12.5 Å². The topological polar surface area (TPSA) is 67.9 Å². The van der Waals surface area contributed by atoms with Crippen LogP contribution in [0.15, 0.2) is 48.5 Å². The average molecular weight is 352 g/mol. The number of carbonyl (C=O) groups is 2. The molecule has 0 aromatic heterocycles. The third-order valence-corrected chi connectivity index (χ3v) is 4.65. The van der Waals surface area contributed by atoms with Crippen LogP contribution < -0.4 is 14.8 Å². The van der Waals surface area contributed by atoms with Crippen molar-refractivity contribution in [3.8, 4) is 11.5 Å². The van der Waals surface area contributed by atoms with Crippen LogP contribution in [0.25, 0.3) is 0 Å². The fourth-order valence-corrected chi connectivity index (χ4v) is 3.34. The molecule has 1 saturated heterocycles. The van der Waals surface area contributed by atoms with E-state index in [1.807, 2.05) is 30.3 Å². The fourth-order valence-electron chi connectivity index (χ4n) is 3.34. The van der Waals surface area contributed by atoms with E-state index in [9.17, 15) is 9.59 Å². The first-order chi connectivity index (χ1) is 12.7. The second-order valence-corrected chi connectivity index (χ2v) is 6.35. The number of piperazine rings is 1. The molecule has 0 unspecified atom stereocenters. The van der Waals surface area contributed by atoms with Crippen molar-refractivity contribution in [1.29, 1.82) is 0 Å². The highest BCUT2D eigenvalue weighted by atomic mass is 16.6. The van der Waals surface area contributed by atoms with Crippen molar-refractivity contribution in [1.82, 2.24) is 10.2 Å². The zero-order valence-corrected chi connectivity index (χ0v) is 14.3. The standard InChI is InChI=1S/C20H20N2O4/c23-19-16(12-14-4-2-1-3-5-14)22(9-8-21-19)20(24)15-6-7-17-18(13-15)26-11-10-25-17/h1-7,13,16H,8-12H2,(H,21,23)/t16-/m1/s1. The van der Waals surface area contributed by atoms with Gasteiger partial charge in [0.2, 0.25) is 5.91 Å². The third kappa shape index (κ3) is 3.22. The monoisotopic (exact) mass is 352 g/mol. The number of nitrogens with zero attached hydrogens (tertiary/aromatic N) is 1. The Hall–Kier alpha value is -3.02. The lowest BCUT2D eigenvalue weighted by Gasteiger charge is -2.35. The SMILES string of the molecule is O=C1NCCN(C(=O)c2ccc3c(c2)OCCO3)[C@@H]1Cc1ccccc1. The lowest BCUT2D eigenvalue weighted by Crippen LogP contribution is -2.58. The molecular weight excluding hydrogens is 332 g/mol. The molecule has 0 radical (unpaired) electrons. The number of hydrogen-bond donors (Lipinski definition) is 1. The molecule has 2 aliphatic heterocycles. The van der Waals surface area contributed by atoms with Crippen LogP contribution in [0.2, 0.25) is 0 Å². The number of hydrogen-bond acceptors (Lipinski definition) is 4. The molecule has 26 heavy (non-hydrogen) atoms. The number of rotatable bonds is 3. The van der Waals surface area contributed by atoms with E-state index in [4.69, 9.17) is 9.47 Å². The first kappa shape index (κ1) is 16.4. The van der Waals surface area contributed by atoms with Gasteiger partial charge in [-0.15, -0.1) is 0 Å². The molecule has 0 saturated carbocycles. The van der Waals surface area contributed by atoms with Crippen LogP contribution in [0, 0.1) is 0 Å². The summed E-state index contributed by atoms with van der Waals surface area (Å²) >= 11 is 0. The molecule has 4 rings (SSSR count). The smallest absolute Gasteiger partial charge is 0.254 e. The Bertz CT molecular complexity index is 822. The van der Waals surface area contributed by atoms with Gasteiger partial charge in [0.1, 0.15) is 19.3 Å². The Balaban J connectivity index is 1.59. The quantitative estimate of drug-likeness (QED) is 0.912. The summed E-state index contributed by atoms with van der Waals surface area (Å²) in [5.74, 6) is 0.928. The Labute approximate surface area is 151 Å². The number of amides is 2. The Morgan fingerprint density at radius 1 is 1.08 bits per heavy atom. The molecule has 6 nitrogen and oxygen atoms in total. The van der Waals surface area contributed by atoms with Gasteiger partial charge in [-0.25, -0.2) is 0 Å². The molecule has 6 heteroatoms. The molecule has 0 spiro atoms. The van der Waals surface area contributed by atoms with Crippen LogP contribution in [0.3, 0.4) is 0 Å². The molecule has 0 bridgehead atoms. The van der Waals surface area contributed by atoms with Crippen molar-refractivity contribution >= 4 is 11.8 Å². The first-order valence-corrected chi connectivity index (χ1v) is 8.74. The molecule has 1 atom stereocenters. The van der Waals surface area contributed by atoms with Crippen LogP contribution in [0.4, 0.5) is 0 Å². The summed E-state index contributed by atoms with van der Waals surface area (Å²) in [6.45, 7) is 1.91. The van der Waals surface area contributed by atoms with Gasteiger partial charge >= 0.3 is 0 Å². The lowest BCUT2D eigenvalue weighted by molar-refractivity contribution is -0.127. The average Bonchev–Trinajstić information content (AvgIpc) is 2.69. The second kappa shape index (κ2) is 7.07. The van der Waals surface area contributed by atoms with E-state index in [-0.39, 0.29) is 11.8 Å². The van der Waals surface area contributed by atoms with E-state index in [2.05, 4.69) is 5.32 Å². The molecule has 2 aromatic rings. The van der Waals surface area contributed by atoms with Crippen molar-refractivity contribution < 1.29 is 19.1 Å². The first-order valence-electron chi connectivity index (χ1n) is 8.74. The highest BCUT2D eigenvalue weighted by Gasteiger charge is 2.34. The number of ether oxygens (including phenoxy) is 2. The zero-order chi connectivity index (χ0) is 17.9. The minimum atomic E-state index is -0.521. The van der Waals surface area contributed by atoms with E-state index in [1.165, 1.54) is 0 Å². The maximum atomic E-state index is 13.1. The zero-order valence-electron chi connectivity index (χ0n) is 14.3. The minimum Gasteiger partial charge on any atom is -0.486 e. The Morgan fingerprint density at radius 2 is 1.85 bits per heavy atom. The van der Waals surface area contributed by atoms with Gasteiger partial charge in [0.15, 0.2) is 11.5 Å². The number of carbonyl (C=O) groups excluding carboxylic acids is 2. The Kier molecular flexibility index (Phi) is 4.48. The van der Waals surface area contributed by atoms with Crippen molar-refractivity contribution in [3.63, 3.8) is 0 Å². The van der Waals surface area contributed by atoms with Crippen LogP contribution in [-0.4, -0.2) is 49.1 Å². The van der Waals surface area contributed by atoms with E-state index < -0.39 is 6.04 Å². The van der Waals surface area contributed by atoms with E-state index in [0.29, 0.717) is 49.8 Å². The summed E-state index contributed by atoms with van der Waals surface area (Å²) in [6.07, 6.45) is 0.489. The van der Waals surface area contributed by atoms with Crippen LogP contribution in [-0.2, 0) is 11.2 Å². The molecule has 0 aliphatic carbocycles. The fraction of sp³-hybridized carbons (Fsp3) is 0.300. The van der Waals surface area contributed by atoms with Gasteiger partial charge in [0.05, 0.1) is 0 Å². The summed E-state index contributed by atoms with van der Waals surface area (Å²) < 4.78 is 11.1. The van der Waals surface area contributed by atoms with Gasteiger partial charge in [0, 0.05) is 25.1 Å². The van der Waals surface area contributed by atoms with Gasteiger partial charge < -0.3 is 19.7 Å². The van der Waals surface area contributed by atoms with E-state index >= 15 is 0 Å². The van der Waals surface area contributed by atoms with Crippen LogP contribution in [0.5, 0.6) is 11.5 Å². The maximum Gasteiger partial charge on any atom is 0.254 e. The van der Waals surface area contributed by atoms with Crippen LogP contribution >= 0.6 is 0 Å². The predicted octanol–water partition coefficient (Wildman–Crippen LogP) is 1.64. The molecular formula is C20H20N2O4. The Morgan fingerprint density at radius 3 is 2.65 bits per heavy atom. The molecule has 1 N–H and O–H groups in total. The molecule has 2 aliphatic rings. The molecule has 134 valence electrons. The van der Waals surface area contributed by atoms with Crippen molar-refractivity contribution in [2.75, 3.05) is 26.3 Å². The highest BCUT2D eigenvalue weighted by molar-refractivity contribution is 5.98. The third-order valence-electron chi connectivity index (χ3n) is 4.65. The summed E-state index contributed by atoms with van der Waals surface area (Å²) in [6, 6.07) is 14.4. The number of nitrogens with one attached hydrogen (secondary N) is 1. The lowest BCUT2D eigenvalue weighted by atomic mass is 10.0. The molecule has 2 aromatic carbocycles. The summed E-state index contributed by atoms with van der Waals surface area (Å²) in [4.78, 5) is 27.2. The van der Waals surface area contributed by atoms with Crippen molar-refractivity contribution in [2.24, 2.45) is 0 Å². The maximum absolute atomic E-state index is 13.1. The normalized spacial score (nSPS) is 19.0. The van der Waals surface area contributed by atoms with Gasteiger partial charge in [-0.05, 0) is 23.8 Å². The van der Waals surface area contributed by atoms with Crippen LogP contribution in [0.1, 0.15) is 15.9 Å². The van der Waals surface area contributed by atoms with E-state index in [0.717, 1.165) is 5.56 Å². The van der Waals surface area contributed by atoms with Crippen molar-refractivity contribution in [3.05, 3.63) is 59.7 Å². The van der Waals surface area contributed by atoms with Gasteiger partial charge in [-0.2, -0.15) is 0 Å². The minimum absolute atomic E-state index is 0.119. The van der Waals surface area contributed by atoms with E-state index in [1.54, 1.807) is 23.1 Å². The summed E-state index contributed by atoms with van der Waals surface area (Å²) in [5, 5.41) is 2.86. The molecule has 1 fully saturated rings. The predicted molar refractivity (Wildman–Crippen MR) is 95.4 cm³/mol. The van der Waals surface area contributed by atoms with Gasteiger partial charge in [-0.3, -0.25) is 9.59 Å². The summed E-state index contributed by atoms with van der Waals surface area (Å²) in [7, 11) is 0. The molecule has 2 heterocycles. The number of fused-ring (bicyclic) bond motifs is 1. The largest absolute Gasteiger partial charge is 0.486 e. The van der Waals surface area contributed by atoms with Gasteiger partial charge in [-0.1, -0.05) is 30.3 Å².